The number of hydrogen-bond donors (Lipinski definition) is 2. The maximum absolute atomic E-state index is 14.9. The number of carbonyl (C=O) groups excluding carboxylic acids is 1. The lowest BCUT2D eigenvalue weighted by Gasteiger charge is -2.33. The quantitative estimate of drug-likeness (QED) is 0.493. The Morgan fingerprint density at radius 1 is 1.34 bits per heavy atom. The number of thioether (sulfide) groups is 1. The number of anilines is 1. The zero-order valence-corrected chi connectivity index (χ0v) is 19.4. The van der Waals surface area contributed by atoms with Gasteiger partial charge in [0.1, 0.15) is 18.1 Å². The molecule has 4 rings (SSSR count). The summed E-state index contributed by atoms with van der Waals surface area (Å²) in [7, 11) is 0. The number of halogens is 7. The Hall–Kier alpha value is -2.67. The molecule has 14 heteroatoms. The highest BCUT2D eigenvalue weighted by molar-refractivity contribution is 8.15. The third-order valence-corrected chi connectivity index (χ3v) is 7.40. The summed E-state index contributed by atoms with van der Waals surface area (Å²) in [5.41, 5.74) is 3.70. The number of ether oxygens (including phenoxy) is 1. The number of pyridine rings is 1. The van der Waals surface area contributed by atoms with Crippen LogP contribution < -0.4 is 15.8 Å². The number of nitrogens with one attached hydrogen (secondary N) is 1. The summed E-state index contributed by atoms with van der Waals surface area (Å²) in [4.78, 5) is 20.6. The van der Waals surface area contributed by atoms with Crippen LogP contribution in [0.2, 0.25) is 5.02 Å². The molecule has 0 saturated heterocycles. The molecule has 0 unspecified atom stereocenters. The minimum absolute atomic E-state index is 0.0389. The molecule has 6 nitrogen and oxygen atoms in total. The summed E-state index contributed by atoms with van der Waals surface area (Å²) in [6, 6.07) is 2.86. The molecular formula is C21H17ClF6N4O2S. The number of amidine groups is 1. The van der Waals surface area contributed by atoms with Gasteiger partial charge in [-0.1, -0.05) is 23.4 Å². The molecule has 188 valence electrons. The van der Waals surface area contributed by atoms with Gasteiger partial charge in [0.15, 0.2) is 23.4 Å². The number of hydrogen-bond acceptors (Lipinski definition) is 6. The highest BCUT2D eigenvalue weighted by atomic mass is 35.5. The molecule has 2 aromatic rings. The van der Waals surface area contributed by atoms with E-state index in [0.717, 1.165) is 30.1 Å². The predicted molar refractivity (Wildman–Crippen MR) is 118 cm³/mol. The number of benzene rings is 1. The summed E-state index contributed by atoms with van der Waals surface area (Å²) >= 11 is 7.02. The maximum Gasteiger partial charge on any atom is 0.422 e. The molecule has 1 aromatic heterocycles. The van der Waals surface area contributed by atoms with Crippen molar-refractivity contribution in [2.45, 2.75) is 29.8 Å². The summed E-state index contributed by atoms with van der Waals surface area (Å²) < 4.78 is 83.6. The molecule has 1 saturated carbocycles. The molecule has 2 aliphatic rings. The fourth-order valence-corrected chi connectivity index (χ4v) is 5.69. The fourth-order valence-electron chi connectivity index (χ4n) is 4.12. The van der Waals surface area contributed by atoms with Crippen molar-refractivity contribution in [1.29, 1.82) is 0 Å². The molecular weight excluding hydrogens is 522 g/mol. The van der Waals surface area contributed by atoms with E-state index in [1.54, 1.807) is 0 Å². The van der Waals surface area contributed by atoms with Crippen molar-refractivity contribution in [3.05, 3.63) is 52.3 Å². The molecule has 0 radical (unpaired) electrons. The zero-order chi connectivity index (χ0) is 25.8. The normalized spacial score (nSPS) is 25.5. The second-order valence-electron chi connectivity index (χ2n) is 8.33. The number of aliphatic imine (C=N–C) groups is 1. The van der Waals surface area contributed by atoms with E-state index >= 15 is 0 Å². The number of aromatic nitrogens is 1. The second kappa shape index (κ2) is 8.77. The van der Waals surface area contributed by atoms with Gasteiger partial charge in [0.25, 0.3) is 5.91 Å². The Balaban J connectivity index is 1.60. The Morgan fingerprint density at radius 2 is 2.06 bits per heavy atom. The topological polar surface area (TPSA) is 89.6 Å². The minimum atomic E-state index is -4.58. The zero-order valence-electron chi connectivity index (χ0n) is 17.9. The molecule has 3 N–H and O–H groups in total. The number of nitrogens with two attached hydrogens (primary N) is 1. The van der Waals surface area contributed by atoms with Crippen LogP contribution in [0, 0.1) is 17.6 Å². The lowest BCUT2D eigenvalue weighted by Crippen LogP contribution is -2.37. The van der Waals surface area contributed by atoms with Gasteiger partial charge in [-0.15, -0.1) is 0 Å². The molecule has 0 spiro atoms. The summed E-state index contributed by atoms with van der Waals surface area (Å²) in [6.45, 7) is -0.784. The van der Waals surface area contributed by atoms with Gasteiger partial charge in [0.2, 0.25) is 0 Å². The van der Waals surface area contributed by atoms with Crippen LogP contribution in [0.5, 0.6) is 5.75 Å². The predicted octanol–water partition coefficient (Wildman–Crippen LogP) is 5.21. The number of nitrogens with zero attached hydrogens (tertiary/aromatic N) is 2. The van der Waals surface area contributed by atoms with Gasteiger partial charge in [0, 0.05) is 29.3 Å². The van der Waals surface area contributed by atoms with Gasteiger partial charge in [-0.25, -0.2) is 18.2 Å². The Bertz CT molecular complexity index is 1230. The van der Waals surface area contributed by atoms with E-state index in [9.17, 15) is 31.1 Å². The standard InChI is InChI=1S/C21H17ClF6N4O2S/c1-19(14-5-20(14,7-23)35-18(29)32-19)11-2-9(3-13(24)15(11)25)31-17(33)16-12(22)4-10(6-30-16)34-8-21(26,27)28/h2-4,6,14H,5,7-8H2,1H3,(H2,29,32)(H,31,33)/t14-,19+,20+/m0/s1. The van der Waals surface area contributed by atoms with Gasteiger partial charge in [-0.05, 0) is 19.4 Å². The molecule has 1 aliphatic carbocycles. The van der Waals surface area contributed by atoms with Crippen molar-refractivity contribution >= 4 is 40.1 Å². The average molecular weight is 539 g/mol. The fraction of sp³-hybridized carbons (Fsp3) is 0.381. The van der Waals surface area contributed by atoms with E-state index < -0.39 is 58.9 Å². The van der Waals surface area contributed by atoms with E-state index in [1.165, 1.54) is 13.0 Å². The second-order valence-corrected chi connectivity index (χ2v) is 10.2. The van der Waals surface area contributed by atoms with Crippen LogP contribution in [0.4, 0.5) is 32.0 Å². The molecule has 1 amide bonds. The van der Waals surface area contributed by atoms with Crippen LogP contribution in [0.1, 0.15) is 29.4 Å². The first kappa shape index (κ1) is 25.4. The molecule has 1 fully saturated rings. The number of rotatable bonds is 6. The lowest BCUT2D eigenvalue weighted by molar-refractivity contribution is -0.153. The van der Waals surface area contributed by atoms with Crippen LogP contribution in [0.3, 0.4) is 0 Å². The van der Waals surface area contributed by atoms with Crippen LogP contribution in [-0.2, 0) is 5.54 Å². The molecule has 2 heterocycles. The first-order chi connectivity index (χ1) is 16.3. The Labute approximate surface area is 204 Å². The van der Waals surface area contributed by atoms with Crippen molar-refractivity contribution < 1.29 is 35.9 Å². The lowest BCUT2D eigenvalue weighted by atomic mass is 9.85. The monoisotopic (exact) mass is 538 g/mol. The van der Waals surface area contributed by atoms with E-state index in [-0.39, 0.29) is 27.2 Å². The Kier molecular flexibility index (Phi) is 6.37. The molecule has 0 bridgehead atoms. The Morgan fingerprint density at radius 3 is 2.69 bits per heavy atom. The van der Waals surface area contributed by atoms with Gasteiger partial charge in [-0.2, -0.15) is 13.2 Å². The molecule has 1 aliphatic heterocycles. The van der Waals surface area contributed by atoms with E-state index in [1.807, 2.05) is 0 Å². The highest BCUT2D eigenvalue weighted by Crippen LogP contribution is 2.66. The van der Waals surface area contributed by atoms with Gasteiger partial charge < -0.3 is 15.8 Å². The van der Waals surface area contributed by atoms with Crippen LogP contribution in [0.15, 0.2) is 29.4 Å². The summed E-state index contributed by atoms with van der Waals surface area (Å²) in [5, 5.41) is 2.04. The number of amides is 1. The highest BCUT2D eigenvalue weighted by Gasteiger charge is 2.67. The number of fused-ring (bicyclic) bond motifs is 1. The number of alkyl halides is 4. The van der Waals surface area contributed by atoms with Crippen molar-refractivity contribution in [3.63, 3.8) is 0 Å². The van der Waals surface area contributed by atoms with E-state index in [2.05, 4.69) is 20.0 Å². The SMILES string of the molecule is C[C@]1(c2cc(NC(=O)c3ncc(OCC(F)(F)F)cc3Cl)cc(F)c2F)N=C(N)S[C@@]2(CF)C[C@H]21. The maximum atomic E-state index is 14.9. The molecule has 3 atom stereocenters. The van der Waals surface area contributed by atoms with Crippen LogP contribution >= 0.6 is 23.4 Å². The average Bonchev–Trinajstić information content (AvgIpc) is 3.50. The molecule has 35 heavy (non-hydrogen) atoms. The van der Waals surface area contributed by atoms with Gasteiger partial charge in [0.05, 0.1) is 21.5 Å². The first-order valence-corrected chi connectivity index (χ1v) is 11.2. The minimum Gasteiger partial charge on any atom is -0.482 e. The van der Waals surface area contributed by atoms with Crippen molar-refractivity contribution in [3.8, 4) is 5.75 Å². The van der Waals surface area contributed by atoms with Crippen LogP contribution in [-0.4, -0.2) is 40.3 Å². The van der Waals surface area contributed by atoms with E-state index in [4.69, 9.17) is 17.3 Å². The van der Waals surface area contributed by atoms with E-state index in [0.29, 0.717) is 6.42 Å². The largest absolute Gasteiger partial charge is 0.482 e. The third kappa shape index (κ3) is 4.88. The van der Waals surface area contributed by atoms with Crippen LogP contribution in [0.25, 0.3) is 0 Å². The third-order valence-electron chi connectivity index (χ3n) is 5.84. The van der Waals surface area contributed by atoms with Gasteiger partial charge >= 0.3 is 6.18 Å². The van der Waals surface area contributed by atoms with Crippen molar-refractivity contribution in [2.75, 3.05) is 18.6 Å². The van der Waals surface area contributed by atoms with Gasteiger partial charge in [-0.3, -0.25) is 9.79 Å². The smallest absolute Gasteiger partial charge is 0.422 e. The van der Waals surface area contributed by atoms with Crippen molar-refractivity contribution in [2.24, 2.45) is 16.6 Å². The number of carbonyl (C=O) groups is 1. The molecule has 1 aromatic carbocycles. The first-order valence-electron chi connectivity index (χ1n) is 10.0. The van der Waals surface area contributed by atoms with Crippen molar-refractivity contribution in [1.82, 2.24) is 4.98 Å². The summed E-state index contributed by atoms with van der Waals surface area (Å²) in [5.74, 6) is -4.20. The summed E-state index contributed by atoms with van der Waals surface area (Å²) in [6.07, 6.45) is -3.36.